The zero-order valence-electron chi connectivity index (χ0n) is 13.0. The number of amides is 2. The summed E-state index contributed by atoms with van der Waals surface area (Å²) in [6, 6.07) is 3.42. The number of hydrogen-bond acceptors (Lipinski definition) is 8. The minimum absolute atomic E-state index is 0.00686. The van der Waals surface area contributed by atoms with Crippen molar-refractivity contribution < 1.29 is 9.59 Å². The van der Waals surface area contributed by atoms with Crippen molar-refractivity contribution >= 4 is 45.9 Å². The molecule has 0 unspecified atom stereocenters. The van der Waals surface area contributed by atoms with Gasteiger partial charge in [0.25, 0.3) is 0 Å². The van der Waals surface area contributed by atoms with E-state index in [1.807, 2.05) is 6.92 Å². The van der Waals surface area contributed by atoms with Crippen LogP contribution in [0.25, 0.3) is 0 Å². The molecule has 2 aromatic heterocycles. The lowest BCUT2D eigenvalue weighted by molar-refractivity contribution is -0.117. The molecular formula is C14H16N6O2S2. The van der Waals surface area contributed by atoms with Crippen LogP contribution in [0.3, 0.4) is 0 Å². The van der Waals surface area contributed by atoms with Crippen molar-refractivity contribution in [3.63, 3.8) is 0 Å². The molecule has 0 aromatic carbocycles. The molecule has 0 bridgehead atoms. The maximum Gasteiger partial charge on any atom is 0.236 e. The van der Waals surface area contributed by atoms with Crippen molar-refractivity contribution in [2.45, 2.75) is 31.2 Å². The lowest BCUT2D eigenvalue weighted by Crippen LogP contribution is -2.15. The average molecular weight is 364 g/mol. The lowest BCUT2D eigenvalue weighted by Gasteiger charge is -2.03. The van der Waals surface area contributed by atoms with Gasteiger partial charge in [-0.2, -0.15) is 0 Å². The van der Waals surface area contributed by atoms with Crippen molar-refractivity contribution in [1.82, 2.24) is 20.4 Å². The van der Waals surface area contributed by atoms with Crippen molar-refractivity contribution in [1.29, 1.82) is 0 Å². The first kappa shape index (κ1) is 16.8. The average Bonchev–Trinajstić information content (AvgIpc) is 3.35. The summed E-state index contributed by atoms with van der Waals surface area (Å²) >= 11 is 2.63. The van der Waals surface area contributed by atoms with E-state index in [1.54, 1.807) is 12.1 Å². The summed E-state index contributed by atoms with van der Waals surface area (Å²) in [7, 11) is 0. The minimum Gasteiger partial charge on any atom is -0.309 e. The van der Waals surface area contributed by atoms with E-state index in [9.17, 15) is 9.59 Å². The third-order valence-electron chi connectivity index (χ3n) is 3.21. The first-order valence-electron chi connectivity index (χ1n) is 7.53. The highest BCUT2D eigenvalue weighted by atomic mass is 32.2. The molecule has 1 saturated carbocycles. The number of aryl methyl sites for hydroxylation is 1. The Morgan fingerprint density at radius 1 is 1.21 bits per heavy atom. The number of thioether (sulfide) groups is 1. The van der Waals surface area contributed by atoms with Gasteiger partial charge < -0.3 is 5.32 Å². The molecule has 0 radical (unpaired) electrons. The van der Waals surface area contributed by atoms with Gasteiger partial charge in [-0.05, 0) is 31.4 Å². The molecule has 1 aliphatic rings. The maximum absolute atomic E-state index is 11.9. The first-order chi connectivity index (χ1) is 11.6. The number of carbonyl (C=O) groups excluding carboxylic acids is 2. The monoisotopic (exact) mass is 364 g/mol. The van der Waals surface area contributed by atoms with Gasteiger partial charge in [-0.15, -0.1) is 20.4 Å². The highest BCUT2D eigenvalue weighted by Crippen LogP contribution is 2.30. The topological polar surface area (TPSA) is 110 Å². The fraction of sp³-hybridized carbons (Fsp3) is 0.429. The molecule has 1 aliphatic carbocycles. The summed E-state index contributed by atoms with van der Waals surface area (Å²) in [4.78, 5) is 23.5. The number of carbonyl (C=O) groups is 2. The van der Waals surface area contributed by atoms with Crippen molar-refractivity contribution in [3.8, 4) is 0 Å². The minimum atomic E-state index is -0.174. The summed E-state index contributed by atoms with van der Waals surface area (Å²) in [6.45, 7) is 1.98. The Balaban J connectivity index is 1.45. The van der Waals surface area contributed by atoms with Crippen LogP contribution in [0.15, 0.2) is 17.2 Å². The first-order valence-corrected chi connectivity index (χ1v) is 9.34. The maximum atomic E-state index is 11.9. The number of rotatable bonds is 7. The Morgan fingerprint density at radius 3 is 2.67 bits per heavy atom. The van der Waals surface area contributed by atoms with Gasteiger partial charge in [0.05, 0.1) is 5.75 Å². The summed E-state index contributed by atoms with van der Waals surface area (Å²) in [6.07, 6.45) is 2.68. The smallest absolute Gasteiger partial charge is 0.236 e. The second kappa shape index (κ2) is 7.67. The van der Waals surface area contributed by atoms with E-state index in [0.29, 0.717) is 16.0 Å². The molecule has 1 fully saturated rings. The summed E-state index contributed by atoms with van der Waals surface area (Å²) in [5, 5.41) is 23.2. The van der Waals surface area contributed by atoms with Crippen molar-refractivity contribution in [2.24, 2.45) is 5.92 Å². The second-order valence-electron chi connectivity index (χ2n) is 5.21. The van der Waals surface area contributed by atoms with E-state index < -0.39 is 0 Å². The largest absolute Gasteiger partial charge is 0.309 e. The van der Waals surface area contributed by atoms with Gasteiger partial charge in [-0.3, -0.25) is 14.9 Å². The molecule has 2 aromatic rings. The predicted octanol–water partition coefficient (Wildman–Crippen LogP) is 1.97. The van der Waals surface area contributed by atoms with Crippen LogP contribution in [-0.4, -0.2) is 38.0 Å². The molecule has 8 nitrogen and oxygen atoms in total. The van der Waals surface area contributed by atoms with Crippen LogP contribution in [-0.2, 0) is 16.0 Å². The normalized spacial score (nSPS) is 13.5. The van der Waals surface area contributed by atoms with Gasteiger partial charge in [0, 0.05) is 5.92 Å². The van der Waals surface area contributed by atoms with E-state index in [4.69, 9.17) is 0 Å². The van der Waals surface area contributed by atoms with Crippen LogP contribution in [0.4, 0.5) is 10.9 Å². The number of nitrogens with zero attached hydrogens (tertiary/aromatic N) is 4. The molecule has 0 atom stereocenters. The van der Waals surface area contributed by atoms with Crippen molar-refractivity contribution in [3.05, 3.63) is 17.1 Å². The third-order valence-corrected chi connectivity index (χ3v) is 5.11. The molecule has 2 N–H and O–H groups in total. The van der Waals surface area contributed by atoms with E-state index in [-0.39, 0.29) is 23.5 Å². The number of anilines is 2. The van der Waals surface area contributed by atoms with E-state index in [0.717, 1.165) is 24.3 Å². The van der Waals surface area contributed by atoms with Crippen LogP contribution in [0.1, 0.15) is 24.8 Å². The fourth-order valence-corrected chi connectivity index (χ4v) is 3.09. The third kappa shape index (κ3) is 4.71. The number of hydrogen-bond donors (Lipinski definition) is 2. The highest BCUT2D eigenvalue weighted by molar-refractivity contribution is 7.99. The summed E-state index contributed by atoms with van der Waals surface area (Å²) in [5.74, 6) is 0.572. The molecular weight excluding hydrogens is 348 g/mol. The van der Waals surface area contributed by atoms with E-state index >= 15 is 0 Å². The lowest BCUT2D eigenvalue weighted by atomic mass is 10.4. The molecule has 2 amide bonds. The van der Waals surface area contributed by atoms with Gasteiger partial charge >= 0.3 is 0 Å². The quantitative estimate of drug-likeness (QED) is 0.723. The number of nitrogens with one attached hydrogen (secondary N) is 2. The van der Waals surface area contributed by atoms with Gasteiger partial charge in [0.1, 0.15) is 10.0 Å². The SMILES string of the molecule is CCc1nnc(NC(=O)CSc2ccc(NC(=O)C3CC3)nn2)s1. The Labute approximate surface area is 146 Å². The second-order valence-corrected chi connectivity index (χ2v) is 7.27. The van der Waals surface area contributed by atoms with Gasteiger partial charge in [0.15, 0.2) is 5.82 Å². The molecule has 0 aliphatic heterocycles. The van der Waals surface area contributed by atoms with E-state index in [1.165, 1.54) is 23.1 Å². The standard InChI is InChI=1S/C14H16N6O2S2/c1-2-11-18-20-14(24-11)16-10(21)7-23-12-6-5-9(17-19-12)15-13(22)8-3-4-8/h5-6,8H,2-4,7H2,1H3,(H,15,17,22)(H,16,20,21). The van der Waals surface area contributed by atoms with Crippen LogP contribution in [0.5, 0.6) is 0 Å². The van der Waals surface area contributed by atoms with Gasteiger partial charge in [0.2, 0.25) is 16.9 Å². The van der Waals surface area contributed by atoms with Gasteiger partial charge in [-0.25, -0.2) is 0 Å². The van der Waals surface area contributed by atoms with Crippen LogP contribution >= 0.6 is 23.1 Å². The summed E-state index contributed by atoms with van der Waals surface area (Å²) in [5.41, 5.74) is 0. The molecule has 0 spiro atoms. The molecule has 10 heteroatoms. The molecule has 24 heavy (non-hydrogen) atoms. The van der Waals surface area contributed by atoms with Gasteiger partial charge in [-0.1, -0.05) is 30.0 Å². The van der Waals surface area contributed by atoms with Crippen LogP contribution in [0.2, 0.25) is 0 Å². The summed E-state index contributed by atoms with van der Waals surface area (Å²) < 4.78 is 0. The molecule has 3 rings (SSSR count). The molecule has 0 saturated heterocycles. The number of aromatic nitrogens is 4. The zero-order valence-corrected chi connectivity index (χ0v) is 14.6. The zero-order chi connectivity index (χ0) is 16.9. The Kier molecular flexibility index (Phi) is 5.36. The van der Waals surface area contributed by atoms with E-state index in [2.05, 4.69) is 31.0 Å². The molecule has 126 valence electrons. The fourth-order valence-electron chi connectivity index (χ4n) is 1.78. The Hall–Kier alpha value is -2.07. The predicted molar refractivity (Wildman–Crippen MR) is 92.0 cm³/mol. The Bertz CT molecular complexity index is 729. The molecule has 2 heterocycles. The Morgan fingerprint density at radius 2 is 2.04 bits per heavy atom. The highest BCUT2D eigenvalue weighted by Gasteiger charge is 2.29. The van der Waals surface area contributed by atoms with Crippen LogP contribution < -0.4 is 10.6 Å². The van der Waals surface area contributed by atoms with Crippen molar-refractivity contribution in [2.75, 3.05) is 16.4 Å². The van der Waals surface area contributed by atoms with Crippen LogP contribution in [0, 0.1) is 5.92 Å².